The average molecular weight is 364 g/mol. The van der Waals surface area contributed by atoms with Crippen molar-refractivity contribution in [2.24, 2.45) is 11.7 Å². The molecule has 0 saturated carbocycles. The Kier molecular flexibility index (Phi) is 6.61. The van der Waals surface area contributed by atoms with E-state index in [0.29, 0.717) is 35.1 Å². The van der Waals surface area contributed by atoms with Crippen LogP contribution in [0.1, 0.15) is 54.4 Å². The number of urea groups is 1. The van der Waals surface area contributed by atoms with E-state index in [-0.39, 0.29) is 6.03 Å². The Bertz CT molecular complexity index is 513. The fourth-order valence-electron chi connectivity index (χ4n) is 5.07. The molecule has 0 aromatic carbocycles. The van der Waals surface area contributed by atoms with Crippen LogP contribution in [0.3, 0.4) is 0 Å². The molecule has 2 atom stereocenters. The first kappa shape index (κ1) is 20.3. The number of hydrogen-bond acceptors (Lipinski definition) is 2. The van der Waals surface area contributed by atoms with E-state index in [9.17, 15) is 4.79 Å². The van der Waals surface area contributed by atoms with Crippen LogP contribution < -0.4 is 5.73 Å². The molecule has 2 rings (SSSR count). The van der Waals surface area contributed by atoms with Crippen molar-refractivity contribution < 1.29 is 4.79 Å². The SMILES string of the molecule is CC(C)[Si](C#C[C@H]1C[C@H]2CN(CCCN)C(=O)N2C1)(C(C)C)C(C)C. The zero-order chi connectivity index (χ0) is 18.8. The number of amides is 2. The predicted molar refractivity (Wildman–Crippen MR) is 108 cm³/mol. The Hall–Kier alpha value is -0.993. The van der Waals surface area contributed by atoms with Crippen LogP contribution in [0.15, 0.2) is 0 Å². The maximum Gasteiger partial charge on any atom is 0.320 e. The zero-order valence-corrected chi connectivity index (χ0v) is 18.0. The highest BCUT2D eigenvalue weighted by atomic mass is 28.3. The maximum absolute atomic E-state index is 12.5. The van der Waals surface area contributed by atoms with Gasteiger partial charge in [0.05, 0.1) is 6.04 Å². The summed E-state index contributed by atoms with van der Waals surface area (Å²) in [6.07, 6.45) is 1.93. The molecule has 2 heterocycles. The number of nitrogens with two attached hydrogens (primary N) is 1. The molecule has 2 aliphatic rings. The Morgan fingerprint density at radius 2 is 1.72 bits per heavy atom. The van der Waals surface area contributed by atoms with E-state index in [1.165, 1.54) is 0 Å². The van der Waals surface area contributed by atoms with Gasteiger partial charge in [-0.1, -0.05) is 41.5 Å². The van der Waals surface area contributed by atoms with Crippen molar-refractivity contribution in [2.45, 2.75) is 77.0 Å². The molecule has 0 aliphatic carbocycles. The van der Waals surface area contributed by atoms with Crippen molar-refractivity contribution in [3.63, 3.8) is 0 Å². The van der Waals surface area contributed by atoms with Crippen LogP contribution in [0, 0.1) is 17.4 Å². The van der Waals surface area contributed by atoms with Crippen LogP contribution in [0.25, 0.3) is 0 Å². The Morgan fingerprint density at radius 3 is 2.20 bits per heavy atom. The molecule has 2 amide bonds. The molecule has 0 bridgehead atoms. The number of carbonyl (C=O) groups is 1. The third-order valence-electron chi connectivity index (χ3n) is 6.35. The van der Waals surface area contributed by atoms with E-state index in [2.05, 4.69) is 57.9 Å². The third-order valence-corrected chi connectivity index (χ3v) is 12.7. The minimum atomic E-state index is -1.67. The van der Waals surface area contributed by atoms with Crippen LogP contribution in [-0.4, -0.2) is 56.1 Å². The summed E-state index contributed by atoms with van der Waals surface area (Å²) in [5.74, 6) is 4.01. The molecular weight excluding hydrogens is 326 g/mol. The summed E-state index contributed by atoms with van der Waals surface area (Å²) in [6.45, 7) is 17.2. The first-order chi connectivity index (χ1) is 11.7. The van der Waals surface area contributed by atoms with E-state index in [0.717, 1.165) is 32.5 Å². The van der Waals surface area contributed by atoms with Gasteiger partial charge in [0, 0.05) is 25.6 Å². The molecule has 0 radical (unpaired) electrons. The highest BCUT2D eigenvalue weighted by molar-refractivity contribution is 6.90. The second-order valence-corrected chi connectivity index (χ2v) is 14.4. The molecule has 2 fully saturated rings. The van der Waals surface area contributed by atoms with E-state index in [1.54, 1.807) is 0 Å². The van der Waals surface area contributed by atoms with Crippen molar-refractivity contribution in [3.05, 3.63) is 0 Å². The highest BCUT2D eigenvalue weighted by Gasteiger charge is 2.44. The quantitative estimate of drug-likeness (QED) is 0.578. The summed E-state index contributed by atoms with van der Waals surface area (Å²) >= 11 is 0. The van der Waals surface area contributed by atoms with Gasteiger partial charge in [-0.15, -0.1) is 11.5 Å². The lowest BCUT2D eigenvalue weighted by molar-refractivity contribution is 0.192. The summed E-state index contributed by atoms with van der Waals surface area (Å²) in [5, 5.41) is 0. The summed E-state index contributed by atoms with van der Waals surface area (Å²) in [6, 6.07) is 0.556. The Labute approximate surface area is 155 Å². The lowest BCUT2D eigenvalue weighted by Gasteiger charge is -2.38. The molecule has 0 unspecified atom stereocenters. The van der Waals surface area contributed by atoms with Crippen molar-refractivity contribution in [1.29, 1.82) is 0 Å². The van der Waals surface area contributed by atoms with Gasteiger partial charge in [0.15, 0.2) is 0 Å². The molecule has 2 N–H and O–H groups in total. The zero-order valence-electron chi connectivity index (χ0n) is 17.0. The minimum absolute atomic E-state index is 0.197. The maximum atomic E-state index is 12.5. The summed E-state index contributed by atoms with van der Waals surface area (Å²) in [4.78, 5) is 16.6. The van der Waals surface area contributed by atoms with Gasteiger partial charge in [-0.05, 0) is 36.0 Å². The molecule has 2 aliphatic heterocycles. The van der Waals surface area contributed by atoms with Crippen LogP contribution >= 0.6 is 0 Å². The standard InChI is InChI=1S/C20H37N3OSi/c1-15(2)25(16(3)4,17(5)6)11-8-18-12-19-14-22(10-7-9-21)20(24)23(19)13-18/h15-19H,7,9-10,12-14,21H2,1-6H3/t18-,19-/m0/s1. The third kappa shape index (κ3) is 3.90. The molecule has 0 spiro atoms. The van der Waals surface area contributed by atoms with Crippen LogP contribution in [-0.2, 0) is 0 Å². The van der Waals surface area contributed by atoms with Crippen molar-refractivity contribution in [1.82, 2.24) is 9.80 Å². The Balaban J connectivity index is 2.08. The second-order valence-electron chi connectivity index (χ2n) is 8.78. The minimum Gasteiger partial charge on any atom is -0.330 e. The first-order valence-electron chi connectivity index (χ1n) is 10.0. The van der Waals surface area contributed by atoms with E-state index >= 15 is 0 Å². The summed E-state index contributed by atoms with van der Waals surface area (Å²) in [5.41, 5.74) is 11.4. The number of nitrogens with zero attached hydrogens (tertiary/aromatic N) is 2. The number of carbonyl (C=O) groups excluding carboxylic acids is 1. The lowest BCUT2D eigenvalue weighted by Crippen LogP contribution is -2.43. The predicted octanol–water partition coefficient (Wildman–Crippen LogP) is 3.68. The van der Waals surface area contributed by atoms with Gasteiger partial charge in [0.2, 0.25) is 0 Å². The number of fused-ring (bicyclic) bond motifs is 1. The van der Waals surface area contributed by atoms with E-state index in [1.807, 2.05) is 4.90 Å². The average Bonchev–Trinajstić information content (AvgIpc) is 3.04. The topological polar surface area (TPSA) is 49.6 Å². The molecule has 25 heavy (non-hydrogen) atoms. The number of hydrogen-bond donors (Lipinski definition) is 1. The molecule has 142 valence electrons. The van der Waals surface area contributed by atoms with Gasteiger partial charge in [-0.3, -0.25) is 0 Å². The fraction of sp³-hybridized carbons (Fsp3) is 0.850. The largest absolute Gasteiger partial charge is 0.330 e. The molecule has 4 nitrogen and oxygen atoms in total. The summed E-state index contributed by atoms with van der Waals surface area (Å²) < 4.78 is 0. The lowest BCUT2D eigenvalue weighted by atomic mass is 10.1. The molecule has 0 aromatic heterocycles. The molecular formula is C20H37N3OSi. The Morgan fingerprint density at radius 1 is 1.12 bits per heavy atom. The van der Waals surface area contributed by atoms with Crippen LogP contribution in [0.4, 0.5) is 4.79 Å². The first-order valence-corrected chi connectivity index (χ1v) is 12.3. The molecule has 5 heteroatoms. The van der Waals surface area contributed by atoms with E-state index in [4.69, 9.17) is 5.73 Å². The fourth-order valence-corrected chi connectivity index (χ4v) is 10.4. The van der Waals surface area contributed by atoms with Gasteiger partial charge >= 0.3 is 6.03 Å². The van der Waals surface area contributed by atoms with Crippen LogP contribution in [0.5, 0.6) is 0 Å². The monoisotopic (exact) mass is 363 g/mol. The molecule has 0 aromatic rings. The molecule has 2 saturated heterocycles. The normalized spacial score (nSPS) is 23.7. The van der Waals surface area contributed by atoms with Crippen molar-refractivity contribution in [2.75, 3.05) is 26.2 Å². The van der Waals surface area contributed by atoms with Crippen molar-refractivity contribution in [3.8, 4) is 11.5 Å². The van der Waals surface area contributed by atoms with Gasteiger partial charge in [0.1, 0.15) is 8.07 Å². The summed E-state index contributed by atoms with van der Waals surface area (Å²) in [7, 11) is -1.67. The number of rotatable bonds is 6. The van der Waals surface area contributed by atoms with Gasteiger partial charge in [-0.2, -0.15) is 0 Å². The van der Waals surface area contributed by atoms with E-state index < -0.39 is 8.07 Å². The van der Waals surface area contributed by atoms with Gasteiger partial charge in [0.25, 0.3) is 0 Å². The van der Waals surface area contributed by atoms with Crippen molar-refractivity contribution >= 4 is 14.1 Å². The van der Waals surface area contributed by atoms with Gasteiger partial charge < -0.3 is 15.5 Å². The van der Waals surface area contributed by atoms with Crippen LogP contribution in [0.2, 0.25) is 16.6 Å². The highest BCUT2D eigenvalue weighted by Crippen LogP contribution is 2.41. The second kappa shape index (κ2) is 8.14. The smallest absolute Gasteiger partial charge is 0.320 e. The van der Waals surface area contributed by atoms with Gasteiger partial charge in [-0.25, -0.2) is 4.79 Å².